The average molecular weight is 427 g/mol. The Bertz CT molecular complexity index is 875. The molecule has 28 heavy (non-hydrogen) atoms. The fraction of sp³-hybridized carbons (Fsp3) is 0.389. The number of aromatic nitrogens is 2. The Kier molecular flexibility index (Phi) is 6.24. The van der Waals surface area contributed by atoms with Crippen LogP contribution in [0.5, 0.6) is 0 Å². The van der Waals surface area contributed by atoms with Crippen molar-refractivity contribution in [1.82, 2.24) is 20.0 Å². The van der Waals surface area contributed by atoms with Gasteiger partial charge in [0.15, 0.2) is 6.10 Å². The molecule has 0 spiro atoms. The first-order chi connectivity index (χ1) is 13.3. The van der Waals surface area contributed by atoms with Gasteiger partial charge >= 0.3 is 0 Å². The molecule has 2 aromatic rings. The van der Waals surface area contributed by atoms with Crippen LogP contribution in [-0.4, -0.2) is 57.8 Å². The van der Waals surface area contributed by atoms with Crippen LogP contribution in [0.15, 0.2) is 24.4 Å². The number of aliphatic hydroxyl groups excluding tert-OH is 1. The summed E-state index contributed by atoms with van der Waals surface area (Å²) in [4.78, 5) is 26.5. The summed E-state index contributed by atoms with van der Waals surface area (Å²) in [6.45, 7) is 0.925. The van der Waals surface area contributed by atoms with E-state index in [0.717, 1.165) is 0 Å². The van der Waals surface area contributed by atoms with Crippen LogP contribution < -0.4 is 5.32 Å². The molecule has 1 aromatic carbocycles. The van der Waals surface area contributed by atoms with E-state index >= 15 is 0 Å². The number of nitrogens with one attached hydrogen (secondary N) is 1. The molecule has 1 aliphatic rings. The molecule has 0 bridgehead atoms. The number of aryl methyl sites for hydroxylation is 1. The number of carbonyl (C=O) groups is 2. The Morgan fingerprint density at radius 3 is 2.57 bits per heavy atom. The zero-order chi connectivity index (χ0) is 20.4. The fourth-order valence-electron chi connectivity index (χ4n) is 3.03. The maximum absolute atomic E-state index is 12.6. The number of ether oxygens (including phenoxy) is 1. The summed E-state index contributed by atoms with van der Waals surface area (Å²) in [6.07, 6.45) is 0.252. The maximum atomic E-state index is 12.6. The van der Waals surface area contributed by atoms with Crippen LogP contribution in [0.1, 0.15) is 27.7 Å². The van der Waals surface area contributed by atoms with Gasteiger partial charge in [-0.25, -0.2) is 0 Å². The highest BCUT2D eigenvalue weighted by Crippen LogP contribution is 2.24. The van der Waals surface area contributed by atoms with E-state index in [4.69, 9.17) is 27.9 Å². The van der Waals surface area contributed by atoms with Crippen LogP contribution >= 0.6 is 23.2 Å². The number of benzene rings is 1. The molecular formula is C18H20Cl2N4O4. The molecule has 1 atom stereocenters. The maximum Gasteiger partial charge on any atom is 0.257 e. The summed E-state index contributed by atoms with van der Waals surface area (Å²) in [5.74, 6) is -0.746. The monoisotopic (exact) mass is 426 g/mol. The third-order valence-electron chi connectivity index (χ3n) is 4.38. The quantitative estimate of drug-likeness (QED) is 0.730. The molecule has 2 amide bonds. The molecule has 0 radical (unpaired) electrons. The zero-order valence-corrected chi connectivity index (χ0v) is 16.9. The zero-order valence-electron chi connectivity index (χ0n) is 15.4. The third-order valence-corrected chi connectivity index (χ3v) is 4.82. The van der Waals surface area contributed by atoms with Crippen molar-refractivity contribution in [1.29, 1.82) is 0 Å². The minimum Gasteiger partial charge on any atom is -0.378 e. The molecular weight excluding hydrogens is 407 g/mol. The van der Waals surface area contributed by atoms with Crippen molar-refractivity contribution in [3.05, 3.63) is 51.3 Å². The van der Waals surface area contributed by atoms with E-state index in [1.807, 2.05) is 0 Å². The number of hydrogen-bond acceptors (Lipinski definition) is 5. The average Bonchev–Trinajstić information content (AvgIpc) is 2.96. The highest BCUT2D eigenvalue weighted by Gasteiger charge is 2.35. The van der Waals surface area contributed by atoms with Gasteiger partial charge in [0.25, 0.3) is 11.8 Å². The molecule has 0 aliphatic carbocycles. The molecule has 1 aromatic heterocycles. The lowest BCUT2D eigenvalue weighted by atomic mass is 10.0. The van der Waals surface area contributed by atoms with Crippen molar-refractivity contribution >= 4 is 35.0 Å². The minimum atomic E-state index is -1.40. The Morgan fingerprint density at radius 1 is 1.32 bits per heavy atom. The van der Waals surface area contributed by atoms with Crippen molar-refractivity contribution in [2.45, 2.75) is 18.8 Å². The first kappa shape index (κ1) is 20.6. The molecule has 10 heteroatoms. The predicted octanol–water partition coefficient (Wildman–Crippen LogP) is 1.55. The molecule has 150 valence electrons. The Balaban J connectivity index is 1.56. The summed E-state index contributed by atoms with van der Waals surface area (Å²) in [7, 11) is 3.27. The number of likely N-dealkylation sites (tertiary alicyclic amines) is 1. The molecule has 1 unspecified atom stereocenters. The van der Waals surface area contributed by atoms with Gasteiger partial charge in [0.1, 0.15) is 5.69 Å². The SMILES string of the molecule is COCc1nn(C)cc1C(=O)N1CC(NC(=O)C(O)c2cc(Cl)cc(Cl)c2)C1. The highest BCUT2D eigenvalue weighted by atomic mass is 35.5. The smallest absolute Gasteiger partial charge is 0.257 e. The fourth-order valence-corrected chi connectivity index (χ4v) is 3.57. The normalized spacial score (nSPS) is 15.2. The number of halogens is 2. The van der Waals surface area contributed by atoms with Gasteiger partial charge in [-0.2, -0.15) is 5.10 Å². The summed E-state index contributed by atoms with van der Waals surface area (Å²) >= 11 is 11.8. The number of hydrogen-bond donors (Lipinski definition) is 2. The second-order valence-electron chi connectivity index (χ2n) is 6.62. The predicted molar refractivity (Wildman–Crippen MR) is 103 cm³/mol. The van der Waals surface area contributed by atoms with E-state index in [0.29, 0.717) is 40.0 Å². The van der Waals surface area contributed by atoms with Crippen molar-refractivity contribution in [2.24, 2.45) is 7.05 Å². The van der Waals surface area contributed by atoms with Gasteiger partial charge in [-0.05, 0) is 23.8 Å². The van der Waals surface area contributed by atoms with Crippen molar-refractivity contribution in [3.63, 3.8) is 0 Å². The lowest BCUT2D eigenvalue weighted by molar-refractivity contribution is -0.131. The van der Waals surface area contributed by atoms with Gasteiger partial charge in [-0.3, -0.25) is 14.3 Å². The van der Waals surface area contributed by atoms with E-state index in [2.05, 4.69) is 10.4 Å². The number of amides is 2. The first-order valence-electron chi connectivity index (χ1n) is 8.53. The van der Waals surface area contributed by atoms with Crippen LogP contribution in [0.3, 0.4) is 0 Å². The third kappa shape index (κ3) is 4.47. The second-order valence-corrected chi connectivity index (χ2v) is 7.49. The van der Waals surface area contributed by atoms with Gasteiger partial charge in [0, 0.05) is 43.5 Å². The molecule has 8 nitrogen and oxygen atoms in total. The number of nitrogens with zero attached hydrogens (tertiary/aromatic N) is 3. The largest absolute Gasteiger partial charge is 0.378 e. The summed E-state index contributed by atoms with van der Waals surface area (Å²) in [5.41, 5.74) is 1.35. The van der Waals surface area contributed by atoms with E-state index < -0.39 is 12.0 Å². The van der Waals surface area contributed by atoms with Gasteiger partial charge in [0.05, 0.1) is 18.2 Å². The number of rotatable bonds is 6. The van der Waals surface area contributed by atoms with Crippen molar-refractivity contribution in [2.75, 3.05) is 20.2 Å². The molecule has 1 aliphatic heterocycles. The van der Waals surface area contributed by atoms with Crippen LogP contribution in [-0.2, 0) is 23.2 Å². The summed E-state index contributed by atoms with van der Waals surface area (Å²) < 4.78 is 6.63. The van der Waals surface area contributed by atoms with Crippen molar-refractivity contribution in [3.8, 4) is 0 Å². The van der Waals surface area contributed by atoms with Crippen LogP contribution in [0.25, 0.3) is 0 Å². The number of methoxy groups -OCH3 is 1. The van der Waals surface area contributed by atoms with Crippen LogP contribution in [0.4, 0.5) is 0 Å². The number of carbonyl (C=O) groups excluding carboxylic acids is 2. The molecule has 1 saturated heterocycles. The lowest BCUT2D eigenvalue weighted by Gasteiger charge is -2.39. The highest BCUT2D eigenvalue weighted by molar-refractivity contribution is 6.34. The topological polar surface area (TPSA) is 96.7 Å². The molecule has 0 saturated carbocycles. The van der Waals surface area contributed by atoms with Crippen LogP contribution in [0, 0.1) is 0 Å². The van der Waals surface area contributed by atoms with Gasteiger partial charge in [-0.1, -0.05) is 23.2 Å². The van der Waals surface area contributed by atoms with E-state index in [1.165, 1.54) is 25.3 Å². The minimum absolute atomic E-state index is 0.173. The Hall–Kier alpha value is -2.13. The van der Waals surface area contributed by atoms with Crippen molar-refractivity contribution < 1.29 is 19.4 Å². The molecule has 1 fully saturated rings. The second kappa shape index (κ2) is 8.48. The van der Waals surface area contributed by atoms with Gasteiger partial charge < -0.3 is 20.1 Å². The molecule has 2 N–H and O–H groups in total. The molecule has 3 rings (SSSR count). The van der Waals surface area contributed by atoms with Gasteiger partial charge in [0.2, 0.25) is 0 Å². The van der Waals surface area contributed by atoms with Crippen LogP contribution in [0.2, 0.25) is 10.0 Å². The lowest BCUT2D eigenvalue weighted by Crippen LogP contribution is -2.61. The van der Waals surface area contributed by atoms with E-state index in [-0.39, 0.29) is 18.6 Å². The Labute approximate surface area is 172 Å². The summed E-state index contributed by atoms with van der Waals surface area (Å²) in [5, 5.41) is 17.8. The molecule has 2 heterocycles. The van der Waals surface area contributed by atoms with E-state index in [9.17, 15) is 14.7 Å². The standard InChI is InChI=1S/C18H20Cl2N4O4/c1-23-8-14(15(22-23)9-28-2)18(27)24-6-13(7-24)21-17(26)16(25)10-3-11(19)5-12(20)4-10/h3-5,8,13,16,25H,6-7,9H2,1-2H3,(H,21,26). The number of aliphatic hydroxyl groups is 1. The Morgan fingerprint density at radius 2 is 1.96 bits per heavy atom. The first-order valence-corrected chi connectivity index (χ1v) is 9.29. The van der Waals surface area contributed by atoms with Gasteiger partial charge in [-0.15, -0.1) is 0 Å². The summed E-state index contributed by atoms with van der Waals surface area (Å²) in [6, 6.07) is 4.23. The van der Waals surface area contributed by atoms with E-state index in [1.54, 1.807) is 22.8 Å².